The molecule has 0 aliphatic heterocycles. The van der Waals surface area contributed by atoms with E-state index in [9.17, 15) is 13.2 Å². The maximum Gasteiger partial charge on any atom is 0.264 e. The first-order chi connectivity index (χ1) is 13.8. The minimum atomic E-state index is -3.81. The topological polar surface area (TPSA) is 66.5 Å². The summed E-state index contributed by atoms with van der Waals surface area (Å²) in [7, 11) is -3.81. The van der Waals surface area contributed by atoms with Crippen molar-refractivity contribution in [2.75, 3.05) is 9.62 Å². The number of anilines is 2. The van der Waals surface area contributed by atoms with Crippen LogP contribution < -0.4 is 9.62 Å². The molecule has 1 N–H and O–H groups in total. The normalized spacial score (nSPS) is 11.1. The molecule has 150 valence electrons. The zero-order valence-corrected chi connectivity index (χ0v) is 17.5. The second-order valence-corrected chi connectivity index (χ2v) is 8.91. The molecule has 6 heteroatoms. The lowest BCUT2D eigenvalue weighted by Crippen LogP contribution is -2.30. The first-order valence-electron chi connectivity index (χ1n) is 9.28. The first kappa shape index (κ1) is 20.6. The molecule has 0 aromatic heterocycles. The second-order valence-electron chi connectivity index (χ2n) is 7.05. The standard InChI is InChI=1S/C23H24N2O3S/c1-17-6-4-8-20(14-17)16-25(22-9-5-7-18(2)15-22)29(27,28)23-12-10-21(11-13-23)24-19(3)26/h4-15H,16H2,1-3H3,(H,24,26). The van der Waals surface area contributed by atoms with Crippen LogP contribution in [0.1, 0.15) is 23.6 Å². The highest BCUT2D eigenvalue weighted by Gasteiger charge is 2.25. The van der Waals surface area contributed by atoms with Gasteiger partial charge in [0.2, 0.25) is 5.91 Å². The molecule has 0 bridgehead atoms. The summed E-state index contributed by atoms with van der Waals surface area (Å²) in [5, 5.41) is 2.65. The summed E-state index contributed by atoms with van der Waals surface area (Å²) in [6, 6.07) is 21.5. The number of benzene rings is 3. The third-order valence-corrected chi connectivity index (χ3v) is 6.25. The van der Waals surface area contributed by atoms with E-state index in [2.05, 4.69) is 5.32 Å². The van der Waals surface area contributed by atoms with Gasteiger partial charge in [0.05, 0.1) is 17.1 Å². The minimum absolute atomic E-state index is 0.167. The monoisotopic (exact) mass is 408 g/mol. The smallest absolute Gasteiger partial charge is 0.264 e. The number of hydrogen-bond acceptors (Lipinski definition) is 3. The molecule has 3 rings (SSSR count). The fourth-order valence-electron chi connectivity index (χ4n) is 3.12. The molecule has 0 heterocycles. The number of amides is 1. The number of carbonyl (C=O) groups excluding carboxylic acids is 1. The number of rotatable bonds is 6. The predicted molar refractivity (Wildman–Crippen MR) is 116 cm³/mol. The van der Waals surface area contributed by atoms with Gasteiger partial charge < -0.3 is 5.32 Å². The van der Waals surface area contributed by atoms with Crippen LogP contribution in [-0.4, -0.2) is 14.3 Å². The van der Waals surface area contributed by atoms with Crippen LogP contribution in [0.5, 0.6) is 0 Å². The van der Waals surface area contributed by atoms with E-state index in [-0.39, 0.29) is 17.3 Å². The molecule has 3 aromatic carbocycles. The highest BCUT2D eigenvalue weighted by Crippen LogP contribution is 2.27. The lowest BCUT2D eigenvalue weighted by Gasteiger charge is -2.25. The second kappa shape index (κ2) is 8.49. The van der Waals surface area contributed by atoms with Crippen molar-refractivity contribution in [1.29, 1.82) is 0 Å². The van der Waals surface area contributed by atoms with Crippen molar-refractivity contribution in [2.24, 2.45) is 0 Å². The van der Waals surface area contributed by atoms with E-state index in [1.165, 1.54) is 23.4 Å². The third-order valence-electron chi connectivity index (χ3n) is 4.46. The summed E-state index contributed by atoms with van der Waals surface area (Å²) < 4.78 is 28.4. The van der Waals surface area contributed by atoms with Gasteiger partial charge in [0, 0.05) is 12.6 Å². The summed E-state index contributed by atoms with van der Waals surface area (Å²) in [5.74, 6) is -0.207. The third kappa shape index (κ3) is 5.03. The van der Waals surface area contributed by atoms with Crippen LogP contribution in [0.2, 0.25) is 0 Å². The summed E-state index contributed by atoms with van der Waals surface area (Å²) >= 11 is 0. The molecule has 1 amide bonds. The van der Waals surface area contributed by atoms with Gasteiger partial charge in [0.15, 0.2) is 0 Å². The highest BCUT2D eigenvalue weighted by atomic mass is 32.2. The molecule has 0 radical (unpaired) electrons. The van der Waals surface area contributed by atoms with Gasteiger partial charge in [-0.15, -0.1) is 0 Å². The Morgan fingerprint density at radius 2 is 1.52 bits per heavy atom. The van der Waals surface area contributed by atoms with Crippen molar-refractivity contribution in [3.05, 3.63) is 89.5 Å². The van der Waals surface area contributed by atoms with E-state index in [1.807, 2.05) is 56.3 Å². The van der Waals surface area contributed by atoms with Gasteiger partial charge in [0.25, 0.3) is 10.0 Å². The van der Waals surface area contributed by atoms with Crippen molar-refractivity contribution in [3.8, 4) is 0 Å². The summed E-state index contributed by atoms with van der Waals surface area (Å²) in [5.41, 5.74) is 4.12. The lowest BCUT2D eigenvalue weighted by molar-refractivity contribution is -0.114. The van der Waals surface area contributed by atoms with E-state index in [0.29, 0.717) is 11.4 Å². The molecule has 0 unspecified atom stereocenters. The molecule has 0 saturated carbocycles. The summed E-state index contributed by atoms with van der Waals surface area (Å²) in [6.07, 6.45) is 0. The number of aryl methyl sites for hydroxylation is 2. The van der Waals surface area contributed by atoms with Crippen LogP contribution in [0.3, 0.4) is 0 Å². The average Bonchev–Trinajstić information content (AvgIpc) is 2.66. The molecule has 0 saturated heterocycles. The lowest BCUT2D eigenvalue weighted by atomic mass is 10.1. The Labute approximate surface area is 172 Å². The Kier molecular flexibility index (Phi) is 6.03. The molecular weight excluding hydrogens is 384 g/mol. The number of carbonyl (C=O) groups is 1. The number of sulfonamides is 1. The summed E-state index contributed by atoms with van der Waals surface area (Å²) in [4.78, 5) is 11.4. The molecule has 0 spiro atoms. The van der Waals surface area contributed by atoms with Gasteiger partial charge in [-0.25, -0.2) is 8.42 Å². The Balaban J connectivity index is 2.03. The first-order valence-corrected chi connectivity index (χ1v) is 10.7. The maximum atomic E-state index is 13.5. The SMILES string of the molecule is CC(=O)Nc1ccc(S(=O)(=O)N(Cc2cccc(C)c2)c2cccc(C)c2)cc1. The fourth-order valence-corrected chi connectivity index (χ4v) is 4.56. The molecule has 29 heavy (non-hydrogen) atoms. The van der Waals surface area contributed by atoms with Gasteiger partial charge >= 0.3 is 0 Å². The van der Waals surface area contributed by atoms with Crippen molar-refractivity contribution >= 4 is 27.3 Å². The quantitative estimate of drug-likeness (QED) is 0.645. The molecule has 5 nitrogen and oxygen atoms in total. The van der Waals surface area contributed by atoms with Crippen molar-refractivity contribution in [3.63, 3.8) is 0 Å². The largest absolute Gasteiger partial charge is 0.326 e. The van der Waals surface area contributed by atoms with Gasteiger partial charge in [-0.1, -0.05) is 42.0 Å². The zero-order chi connectivity index (χ0) is 21.0. The molecule has 0 aliphatic carbocycles. The van der Waals surface area contributed by atoms with Gasteiger partial charge in [0.1, 0.15) is 0 Å². The molecular formula is C23H24N2O3S. The van der Waals surface area contributed by atoms with E-state index in [4.69, 9.17) is 0 Å². The van der Waals surface area contributed by atoms with E-state index >= 15 is 0 Å². The average molecular weight is 409 g/mol. The molecule has 3 aromatic rings. The number of nitrogens with zero attached hydrogens (tertiary/aromatic N) is 1. The van der Waals surface area contributed by atoms with Crippen LogP contribution in [0, 0.1) is 13.8 Å². The van der Waals surface area contributed by atoms with Crippen LogP contribution in [0.15, 0.2) is 77.7 Å². The maximum absolute atomic E-state index is 13.5. The van der Waals surface area contributed by atoms with Gasteiger partial charge in [-0.05, 0) is 61.4 Å². The predicted octanol–water partition coefficient (Wildman–Crippen LogP) is 4.66. The Bertz CT molecular complexity index is 1120. The van der Waals surface area contributed by atoms with Crippen molar-refractivity contribution in [2.45, 2.75) is 32.2 Å². The van der Waals surface area contributed by atoms with Crippen LogP contribution in [0.4, 0.5) is 11.4 Å². The van der Waals surface area contributed by atoms with Gasteiger partial charge in [-0.2, -0.15) is 0 Å². The number of nitrogens with one attached hydrogen (secondary N) is 1. The Morgan fingerprint density at radius 1 is 0.897 bits per heavy atom. The van der Waals surface area contributed by atoms with Crippen LogP contribution in [0.25, 0.3) is 0 Å². The van der Waals surface area contributed by atoms with Gasteiger partial charge in [-0.3, -0.25) is 9.10 Å². The van der Waals surface area contributed by atoms with E-state index in [1.54, 1.807) is 18.2 Å². The van der Waals surface area contributed by atoms with Crippen molar-refractivity contribution in [1.82, 2.24) is 0 Å². The fraction of sp³-hybridized carbons (Fsp3) is 0.174. The molecule has 0 aliphatic rings. The Hall–Kier alpha value is -3.12. The highest BCUT2D eigenvalue weighted by molar-refractivity contribution is 7.92. The number of hydrogen-bond donors (Lipinski definition) is 1. The minimum Gasteiger partial charge on any atom is -0.326 e. The molecule has 0 fully saturated rings. The van der Waals surface area contributed by atoms with Crippen LogP contribution in [-0.2, 0) is 21.4 Å². The Morgan fingerprint density at radius 3 is 2.10 bits per heavy atom. The molecule has 0 atom stereocenters. The summed E-state index contributed by atoms with van der Waals surface area (Å²) in [6.45, 7) is 5.55. The zero-order valence-electron chi connectivity index (χ0n) is 16.7. The van der Waals surface area contributed by atoms with E-state index < -0.39 is 10.0 Å². The van der Waals surface area contributed by atoms with Crippen molar-refractivity contribution < 1.29 is 13.2 Å². The van der Waals surface area contributed by atoms with E-state index in [0.717, 1.165) is 16.7 Å². The van der Waals surface area contributed by atoms with Crippen LogP contribution >= 0.6 is 0 Å².